The van der Waals surface area contributed by atoms with Crippen molar-refractivity contribution in [1.29, 1.82) is 0 Å². The molecule has 0 amide bonds. The molecule has 2 aromatic rings. The summed E-state index contributed by atoms with van der Waals surface area (Å²) in [6, 6.07) is 16.2. The molecule has 18 heavy (non-hydrogen) atoms. The van der Waals surface area contributed by atoms with Crippen LogP contribution in [0, 0.1) is 0 Å². The molecule has 0 bridgehead atoms. The second kappa shape index (κ2) is 7.42. The first-order valence-corrected chi connectivity index (χ1v) is 16.0. The molecule has 1 N–H and O–H groups in total. The molecule has 2 aromatic carbocycles. The number of halogens is 1. The zero-order chi connectivity index (χ0) is 12.8. The van der Waals surface area contributed by atoms with Gasteiger partial charge in [0.15, 0.2) is 0 Å². The fourth-order valence-electron chi connectivity index (χ4n) is 1.49. The molecule has 0 atom stereocenters. The molecule has 0 radical (unpaired) electrons. The van der Waals surface area contributed by atoms with Crippen LogP contribution >= 0.6 is 18.0 Å². The maximum atomic E-state index is 8.95. The van der Waals surface area contributed by atoms with Crippen LogP contribution in [0.5, 0.6) is 5.75 Å². The molecule has 94 valence electrons. The van der Waals surface area contributed by atoms with Crippen molar-refractivity contribution in [2.45, 2.75) is 13.2 Å². The SMILES string of the molecule is OCc1ccc(OCc2cc[c]([Po][I])cc2)cc1. The molecule has 0 heterocycles. The third-order valence-corrected chi connectivity index (χ3v) is 8.74. The van der Waals surface area contributed by atoms with Gasteiger partial charge in [-0.3, -0.25) is 0 Å². The van der Waals surface area contributed by atoms with Crippen molar-refractivity contribution in [3.63, 3.8) is 0 Å². The summed E-state index contributed by atoms with van der Waals surface area (Å²) in [5.74, 6) is 0.835. The van der Waals surface area contributed by atoms with Gasteiger partial charge in [-0.05, 0) is 0 Å². The van der Waals surface area contributed by atoms with E-state index in [2.05, 4.69) is 42.2 Å². The summed E-state index contributed by atoms with van der Waals surface area (Å²) < 4.78 is 7.19. The summed E-state index contributed by atoms with van der Waals surface area (Å²) in [4.78, 5) is 0. The first-order chi connectivity index (χ1) is 8.81. The molecule has 0 unspecified atom stereocenters. The van der Waals surface area contributed by atoms with E-state index in [-0.39, 0.29) is 25.9 Å². The van der Waals surface area contributed by atoms with Gasteiger partial charge in [0.25, 0.3) is 0 Å². The van der Waals surface area contributed by atoms with Gasteiger partial charge < -0.3 is 0 Å². The fraction of sp³-hybridized carbons (Fsp3) is 0.143. The van der Waals surface area contributed by atoms with E-state index < -0.39 is 0 Å². The van der Waals surface area contributed by atoms with E-state index in [1.807, 2.05) is 24.3 Å². The summed E-state index contributed by atoms with van der Waals surface area (Å²) in [7, 11) is 0. The van der Waals surface area contributed by atoms with Crippen molar-refractivity contribution < 1.29 is 9.84 Å². The van der Waals surface area contributed by atoms with E-state index in [1.54, 1.807) is 0 Å². The maximum absolute atomic E-state index is 8.95. The van der Waals surface area contributed by atoms with E-state index in [0.717, 1.165) is 11.3 Å². The quantitative estimate of drug-likeness (QED) is 0.582. The zero-order valence-corrected chi connectivity index (χ0v) is 15.0. The van der Waals surface area contributed by atoms with Crippen molar-refractivity contribution in [3.05, 3.63) is 59.7 Å². The molecule has 0 aliphatic heterocycles. The van der Waals surface area contributed by atoms with Gasteiger partial charge in [0, 0.05) is 0 Å². The molecule has 0 saturated carbocycles. The third-order valence-electron chi connectivity index (χ3n) is 2.52. The van der Waals surface area contributed by atoms with Crippen molar-refractivity contribution in [2.75, 3.05) is 0 Å². The number of benzene rings is 2. The molecule has 2 rings (SSSR count). The van der Waals surface area contributed by atoms with Gasteiger partial charge in [-0.2, -0.15) is 0 Å². The van der Waals surface area contributed by atoms with Crippen molar-refractivity contribution in [3.8, 4) is 5.75 Å². The standard InChI is InChI=1S/C14H13O2.HI.Po/c15-10-12-6-8-14(9-7-12)16-11-13-4-2-1-3-5-13;;/h2-9,15H,10-11H2;1H;/q;;+1/p-1. The Balaban J connectivity index is 1.93. The van der Waals surface area contributed by atoms with Crippen LogP contribution in [0.25, 0.3) is 0 Å². The van der Waals surface area contributed by atoms with Crippen LogP contribution in [0.1, 0.15) is 11.1 Å². The van der Waals surface area contributed by atoms with E-state index >= 15 is 0 Å². The molecule has 0 saturated heterocycles. The number of rotatable bonds is 5. The molecule has 0 fully saturated rings. The predicted octanol–water partition coefficient (Wildman–Crippen LogP) is 2.44. The van der Waals surface area contributed by atoms with E-state index in [9.17, 15) is 0 Å². The topological polar surface area (TPSA) is 29.5 Å². The molecule has 0 aliphatic rings. The molecule has 4 heteroatoms. The minimum atomic E-state index is -0.315. The predicted molar refractivity (Wildman–Crippen MR) is 82.5 cm³/mol. The Hall–Kier alpha value is -0.174. The number of ether oxygens (including phenoxy) is 1. The van der Waals surface area contributed by atoms with Crippen LogP contribution in [-0.2, 0) is 13.2 Å². The van der Waals surface area contributed by atoms with Crippen molar-refractivity contribution in [2.24, 2.45) is 0 Å². The molecular formula is C14H13IO2Po. The average Bonchev–Trinajstić information content (AvgIpc) is 2.46. The van der Waals surface area contributed by atoms with Crippen molar-refractivity contribution in [1.82, 2.24) is 0 Å². The van der Waals surface area contributed by atoms with Gasteiger partial charge in [-0.1, -0.05) is 0 Å². The number of aliphatic hydroxyl groups is 1. The van der Waals surface area contributed by atoms with Gasteiger partial charge in [0.2, 0.25) is 0 Å². The minimum absolute atomic E-state index is 0.0721. The molecule has 0 aliphatic carbocycles. The van der Waals surface area contributed by atoms with E-state index in [4.69, 9.17) is 9.84 Å². The Morgan fingerprint density at radius 3 is 2.11 bits per heavy atom. The van der Waals surface area contributed by atoms with Gasteiger partial charge >= 0.3 is 129 Å². The Kier molecular flexibility index (Phi) is 5.87. The monoisotopic (exact) mass is 549 g/mol. The Labute approximate surface area is 128 Å². The number of aliphatic hydroxyl groups excluding tert-OH is 1. The summed E-state index contributed by atoms with van der Waals surface area (Å²) in [5, 5.41) is 8.95. The van der Waals surface area contributed by atoms with Crippen molar-refractivity contribution >= 4 is 40.5 Å². The second-order valence-electron chi connectivity index (χ2n) is 3.81. The van der Waals surface area contributed by atoms with Crippen LogP contribution in [0.2, 0.25) is 0 Å². The van der Waals surface area contributed by atoms with Gasteiger partial charge in [-0.15, -0.1) is 0 Å². The summed E-state index contributed by atoms with van der Waals surface area (Å²) in [5.41, 5.74) is 2.09. The third kappa shape index (κ3) is 4.19. The van der Waals surface area contributed by atoms with Crippen LogP contribution in [0.4, 0.5) is 0 Å². The van der Waals surface area contributed by atoms with Gasteiger partial charge in [0.05, 0.1) is 0 Å². The summed E-state index contributed by atoms with van der Waals surface area (Å²) >= 11 is 2.20. The van der Waals surface area contributed by atoms with E-state index in [1.165, 1.54) is 8.79 Å². The number of hydrogen-bond acceptors (Lipinski definition) is 2. The molecule has 0 spiro atoms. The second-order valence-corrected chi connectivity index (χ2v) is 10.1. The first kappa shape index (κ1) is 14.2. The summed E-state index contributed by atoms with van der Waals surface area (Å²) in [6.45, 7) is 0.660. The van der Waals surface area contributed by atoms with Crippen LogP contribution in [0.15, 0.2) is 48.5 Å². The van der Waals surface area contributed by atoms with Crippen LogP contribution in [0.3, 0.4) is 0 Å². The Bertz CT molecular complexity index is 435. The molecule has 2 nitrogen and oxygen atoms in total. The summed E-state index contributed by atoms with van der Waals surface area (Å²) in [6.07, 6.45) is 0. The Morgan fingerprint density at radius 2 is 1.56 bits per heavy atom. The van der Waals surface area contributed by atoms with Gasteiger partial charge in [-0.25, -0.2) is 0 Å². The van der Waals surface area contributed by atoms with E-state index in [0.29, 0.717) is 6.61 Å². The van der Waals surface area contributed by atoms with Crippen LogP contribution in [-0.4, -0.2) is 24.4 Å². The van der Waals surface area contributed by atoms with Crippen LogP contribution < -0.4 is 7.96 Å². The first-order valence-electron chi connectivity index (χ1n) is 5.52. The molecule has 0 aromatic heterocycles. The molecular weight excluding hydrogens is 536 g/mol. The fourth-order valence-corrected chi connectivity index (χ4v) is 5.00. The number of hydrogen-bond donors (Lipinski definition) is 1. The Morgan fingerprint density at radius 1 is 0.944 bits per heavy atom. The zero-order valence-electron chi connectivity index (χ0n) is 9.67. The van der Waals surface area contributed by atoms with Gasteiger partial charge in [0.1, 0.15) is 0 Å². The average molecular weight is 549 g/mol. The normalized spacial score (nSPS) is 10.3.